The lowest BCUT2D eigenvalue weighted by atomic mass is 10.2. The first-order valence-electron chi connectivity index (χ1n) is 4.64. The van der Waals surface area contributed by atoms with Gasteiger partial charge in [-0.3, -0.25) is 0 Å². The van der Waals surface area contributed by atoms with Crippen LogP contribution in [0.4, 0.5) is 11.5 Å². The fourth-order valence-electron chi connectivity index (χ4n) is 1.25. The van der Waals surface area contributed by atoms with Crippen molar-refractivity contribution in [2.24, 2.45) is 0 Å². The van der Waals surface area contributed by atoms with Gasteiger partial charge in [0.25, 0.3) is 0 Å². The minimum Gasteiger partial charge on any atom is -0.478 e. The molecule has 1 aromatic carbocycles. The van der Waals surface area contributed by atoms with E-state index in [4.69, 9.17) is 5.11 Å². The number of hydrogen-bond acceptors (Lipinski definition) is 4. The summed E-state index contributed by atoms with van der Waals surface area (Å²) < 4.78 is 0. The number of benzene rings is 1. The monoisotopic (exact) mass is 215 g/mol. The molecular formula is C11H9N3O2. The van der Waals surface area contributed by atoms with Gasteiger partial charge < -0.3 is 10.4 Å². The van der Waals surface area contributed by atoms with Crippen LogP contribution in [-0.4, -0.2) is 21.3 Å². The third-order valence-corrected chi connectivity index (χ3v) is 1.95. The highest BCUT2D eigenvalue weighted by atomic mass is 16.4. The van der Waals surface area contributed by atoms with Crippen molar-refractivity contribution in [1.82, 2.24) is 10.2 Å². The van der Waals surface area contributed by atoms with Crippen molar-refractivity contribution in [1.29, 1.82) is 0 Å². The maximum Gasteiger partial charge on any atom is 0.335 e. The molecule has 0 amide bonds. The van der Waals surface area contributed by atoms with E-state index in [9.17, 15) is 4.79 Å². The van der Waals surface area contributed by atoms with E-state index in [-0.39, 0.29) is 5.56 Å². The Morgan fingerprint density at radius 2 is 2.12 bits per heavy atom. The van der Waals surface area contributed by atoms with Crippen molar-refractivity contribution in [2.45, 2.75) is 0 Å². The normalized spacial score (nSPS) is 9.75. The Kier molecular flexibility index (Phi) is 2.77. The number of nitrogens with one attached hydrogen (secondary N) is 1. The largest absolute Gasteiger partial charge is 0.478 e. The van der Waals surface area contributed by atoms with Crippen molar-refractivity contribution in [3.05, 3.63) is 48.2 Å². The SMILES string of the molecule is O=C(O)c1cccc(Nc2cccnn2)c1. The second-order valence-electron chi connectivity index (χ2n) is 3.12. The quantitative estimate of drug-likeness (QED) is 0.818. The highest BCUT2D eigenvalue weighted by Gasteiger charge is 2.03. The topological polar surface area (TPSA) is 75.1 Å². The van der Waals surface area contributed by atoms with Crippen LogP contribution in [0, 0.1) is 0 Å². The van der Waals surface area contributed by atoms with Crippen LogP contribution in [0.15, 0.2) is 42.6 Å². The Balaban J connectivity index is 2.22. The van der Waals surface area contributed by atoms with Gasteiger partial charge >= 0.3 is 5.97 Å². The minimum atomic E-state index is -0.956. The third-order valence-electron chi connectivity index (χ3n) is 1.95. The number of anilines is 2. The van der Waals surface area contributed by atoms with Gasteiger partial charge in [-0.25, -0.2) is 4.79 Å². The van der Waals surface area contributed by atoms with Crippen molar-refractivity contribution < 1.29 is 9.90 Å². The van der Waals surface area contributed by atoms with Crippen LogP contribution in [0.5, 0.6) is 0 Å². The first kappa shape index (κ1) is 10.1. The number of rotatable bonds is 3. The Bertz CT molecular complexity index is 500. The second kappa shape index (κ2) is 4.39. The molecule has 0 aliphatic heterocycles. The molecule has 80 valence electrons. The summed E-state index contributed by atoms with van der Waals surface area (Å²) in [4.78, 5) is 10.7. The number of aromatic nitrogens is 2. The fourth-order valence-corrected chi connectivity index (χ4v) is 1.25. The maximum absolute atomic E-state index is 10.7. The van der Waals surface area contributed by atoms with Crippen molar-refractivity contribution in [3.63, 3.8) is 0 Å². The molecule has 2 N–H and O–H groups in total. The van der Waals surface area contributed by atoms with Gasteiger partial charge in [-0.15, -0.1) is 5.10 Å². The standard InChI is InChI=1S/C11H9N3O2/c15-11(16)8-3-1-4-9(7-8)13-10-5-2-6-12-14-10/h1-7H,(H,13,14)(H,15,16). The fraction of sp³-hybridized carbons (Fsp3) is 0. The van der Waals surface area contributed by atoms with Gasteiger partial charge in [0.15, 0.2) is 5.82 Å². The maximum atomic E-state index is 10.7. The highest BCUT2D eigenvalue weighted by Crippen LogP contribution is 2.15. The van der Waals surface area contributed by atoms with Gasteiger partial charge in [-0.05, 0) is 30.3 Å². The molecule has 16 heavy (non-hydrogen) atoms. The zero-order valence-corrected chi connectivity index (χ0v) is 8.29. The van der Waals surface area contributed by atoms with E-state index in [2.05, 4.69) is 15.5 Å². The molecule has 5 heteroatoms. The summed E-state index contributed by atoms with van der Waals surface area (Å²) in [7, 11) is 0. The lowest BCUT2D eigenvalue weighted by Gasteiger charge is -2.04. The van der Waals surface area contributed by atoms with Gasteiger partial charge in [0, 0.05) is 11.9 Å². The molecule has 2 rings (SSSR count). The number of hydrogen-bond donors (Lipinski definition) is 2. The summed E-state index contributed by atoms with van der Waals surface area (Å²) in [6, 6.07) is 10.0. The Morgan fingerprint density at radius 3 is 2.81 bits per heavy atom. The van der Waals surface area contributed by atoms with Crippen LogP contribution in [0.1, 0.15) is 10.4 Å². The van der Waals surface area contributed by atoms with Crippen LogP contribution in [-0.2, 0) is 0 Å². The van der Waals surface area contributed by atoms with Gasteiger partial charge in [-0.2, -0.15) is 5.10 Å². The minimum absolute atomic E-state index is 0.230. The Labute approximate surface area is 91.8 Å². The van der Waals surface area contributed by atoms with Crippen LogP contribution in [0.25, 0.3) is 0 Å². The molecule has 0 aliphatic carbocycles. The van der Waals surface area contributed by atoms with Gasteiger partial charge in [0.1, 0.15) is 0 Å². The Hall–Kier alpha value is -2.43. The van der Waals surface area contributed by atoms with Crippen LogP contribution >= 0.6 is 0 Å². The number of carboxylic acids is 1. The molecule has 1 aromatic heterocycles. The first-order valence-corrected chi connectivity index (χ1v) is 4.64. The van der Waals surface area contributed by atoms with Gasteiger partial charge in [0.2, 0.25) is 0 Å². The van der Waals surface area contributed by atoms with E-state index >= 15 is 0 Å². The zero-order valence-electron chi connectivity index (χ0n) is 8.29. The summed E-state index contributed by atoms with van der Waals surface area (Å²) in [5, 5.41) is 19.3. The smallest absolute Gasteiger partial charge is 0.335 e. The van der Waals surface area contributed by atoms with E-state index in [1.165, 1.54) is 12.1 Å². The molecule has 0 bridgehead atoms. The lowest BCUT2D eigenvalue weighted by molar-refractivity contribution is 0.0697. The van der Waals surface area contributed by atoms with E-state index in [1.54, 1.807) is 30.5 Å². The summed E-state index contributed by atoms with van der Waals surface area (Å²) in [6.07, 6.45) is 1.57. The van der Waals surface area contributed by atoms with Crippen LogP contribution in [0.3, 0.4) is 0 Å². The molecule has 0 radical (unpaired) electrons. The first-order chi connectivity index (χ1) is 7.75. The number of nitrogens with zero attached hydrogens (tertiary/aromatic N) is 2. The van der Waals surface area contributed by atoms with Gasteiger partial charge in [0.05, 0.1) is 5.56 Å². The average molecular weight is 215 g/mol. The molecule has 0 saturated carbocycles. The summed E-state index contributed by atoms with van der Waals surface area (Å²) >= 11 is 0. The zero-order chi connectivity index (χ0) is 11.4. The summed E-state index contributed by atoms with van der Waals surface area (Å²) in [6.45, 7) is 0. The lowest BCUT2D eigenvalue weighted by Crippen LogP contribution is -1.99. The number of carboxylic acid groups (broad SMARTS) is 1. The molecule has 0 saturated heterocycles. The molecule has 0 atom stereocenters. The Morgan fingerprint density at radius 1 is 1.25 bits per heavy atom. The summed E-state index contributed by atoms with van der Waals surface area (Å²) in [5.74, 6) is -0.382. The molecule has 2 aromatic rings. The molecule has 5 nitrogen and oxygen atoms in total. The van der Waals surface area contributed by atoms with Gasteiger partial charge in [-0.1, -0.05) is 6.07 Å². The van der Waals surface area contributed by atoms with E-state index < -0.39 is 5.97 Å². The molecule has 0 unspecified atom stereocenters. The molecule has 0 fully saturated rings. The van der Waals surface area contributed by atoms with Crippen molar-refractivity contribution in [3.8, 4) is 0 Å². The molecule has 0 aliphatic rings. The van der Waals surface area contributed by atoms with Crippen LogP contribution < -0.4 is 5.32 Å². The average Bonchev–Trinajstić information content (AvgIpc) is 2.30. The highest BCUT2D eigenvalue weighted by molar-refractivity contribution is 5.89. The van der Waals surface area contributed by atoms with E-state index in [0.29, 0.717) is 11.5 Å². The molecule has 0 spiro atoms. The molecule has 1 heterocycles. The predicted octanol–water partition coefficient (Wildman–Crippen LogP) is 1.92. The summed E-state index contributed by atoms with van der Waals surface area (Å²) in [5.41, 5.74) is 0.897. The van der Waals surface area contributed by atoms with E-state index in [0.717, 1.165) is 0 Å². The predicted molar refractivity (Wildman–Crippen MR) is 58.7 cm³/mol. The third kappa shape index (κ3) is 2.33. The number of aromatic carboxylic acids is 1. The van der Waals surface area contributed by atoms with Crippen LogP contribution in [0.2, 0.25) is 0 Å². The van der Waals surface area contributed by atoms with Crippen molar-refractivity contribution >= 4 is 17.5 Å². The molecular weight excluding hydrogens is 206 g/mol. The van der Waals surface area contributed by atoms with Crippen molar-refractivity contribution in [2.75, 3.05) is 5.32 Å². The number of carbonyl (C=O) groups is 1. The van der Waals surface area contributed by atoms with E-state index in [1.807, 2.05) is 0 Å². The second-order valence-corrected chi connectivity index (χ2v) is 3.12.